The Morgan fingerprint density at radius 1 is 1.06 bits per heavy atom. The Balaban J connectivity index is 1.41. The van der Waals surface area contributed by atoms with Crippen LogP contribution in [0.4, 0.5) is 10.1 Å². The molecule has 31 heavy (non-hydrogen) atoms. The van der Waals surface area contributed by atoms with Crippen molar-refractivity contribution in [3.05, 3.63) is 76.2 Å². The first-order valence-corrected chi connectivity index (χ1v) is 10.3. The van der Waals surface area contributed by atoms with E-state index in [0.29, 0.717) is 40.8 Å². The van der Waals surface area contributed by atoms with Gasteiger partial charge in [-0.05, 0) is 47.4 Å². The molecule has 0 fully saturated rings. The number of anilines is 1. The van der Waals surface area contributed by atoms with Crippen LogP contribution in [0.15, 0.2) is 60.0 Å². The normalized spacial score (nSPS) is 12.9. The Morgan fingerprint density at radius 3 is 2.58 bits per heavy atom. The number of hydrogen-bond donors (Lipinski definition) is 1. The molecule has 0 bridgehead atoms. The van der Waals surface area contributed by atoms with Crippen LogP contribution in [0.1, 0.15) is 10.4 Å². The summed E-state index contributed by atoms with van der Waals surface area (Å²) in [6.07, 6.45) is 1.60. The Kier molecular flexibility index (Phi) is 6.28. The van der Waals surface area contributed by atoms with E-state index >= 15 is 0 Å². The number of hydrogen-bond acceptors (Lipinski definition) is 6. The maximum Gasteiger partial charge on any atom is 0.340 e. The van der Waals surface area contributed by atoms with E-state index in [-0.39, 0.29) is 11.4 Å². The molecular weight excluding hydrogens is 421 g/mol. The van der Waals surface area contributed by atoms with Crippen LogP contribution in [0.5, 0.6) is 11.5 Å². The predicted octanol–water partition coefficient (Wildman–Crippen LogP) is 4.38. The van der Waals surface area contributed by atoms with Crippen LogP contribution in [0, 0.1) is 5.82 Å². The highest BCUT2D eigenvalue weighted by Crippen LogP contribution is 2.32. The lowest BCUT2D eigenvalue weighted by molar-refractivity contribution is -0.141. The van der Waals surface area contributed by atoms with Gasteiger partial charge in [-0.15, -0.1) is 11.3 Å². The van der Waals surface area contributed by atoms with Gasteiger partial charge in [0.25, 0.3) is 5.91 Å². The fraction of sp³-hybridized carbons (Fsp3) is 0.130. The Bertz CT molecular complexity index is 1110. The molecule has 1 aromatic heterocycles. The highest BCUT2D eigenvalue weighted by molar-refractivity contribution is 7.11. The molecule has 0 saturated heterocycles. The first-order chi connectivity index (χ1) is 15.1. The highest BCUT2D eigenvalue weighted by Gasteiger charge is 2.17. The van der Waals surface area contributed by atoms with Crippen molar-refractivity contribution in [3.8, 4) is 11.5 Å². The average Bonchev–Trinajstić information content (AvgIpc) is 3.31. The zero-order valence-electron chi connectivity index (χ0n) is 16.3. The minimum atomic E-state index is -0.649. The molecule has 0 saturated carbocycles. The van der Waals surface area contributed by atoms with Gasteiger partial charge in [0.05, 0.1) is 5.57 Å². The summed E-state index contributed by atoms with van der Waals surface area (Å²) in [5, 5.41) is 4.50. The number of halogens is 1. The van der Waals surface area contributed by atoms with Crippen molar-refractivity contribution in [2.24, 2.45) is 0 Å². The van der Waals surface area contributed by atoms with Gasteiger partial charge in [0.1, 0.15) is 19.0 Å². The van der Waals surface area contributed by atoms with Gasteiger partial charge in [0.2, 0.25) is 0 Å². The van der Waals surface area contributed by atoms with Gasteiger partial charge in [-0.3, -0.25) is 4.79 Å². The summed E-state index contributed by atoms with van der Waals surface area (Å²) in [5.41, 5.74) is 1.43. The Hall–Kier alpha value is -3.65. The number of ether oxygens (including phenoxy) is 3. The molecule has 1 aliphatic heterocycles. The van der Waals surface area contributed by atoms with Crippen molar-refractivity contribution in [1.29, 1.82) is 0 Å². The van der Waals surface area contributed by atoms with Gasteiger partial charge >= 0.3 is 5.97 Å². The van der Waals surface area contributed by atoms with Crippen molar-refractivity contribution >= 4 is 40.5 Å². The van der Waals surface area contributed by atoms with E-state index in [4.69, 9.17) is 14.2 Å². The molecule has 0 aliphatic carbocycles. The van der Waals surface area contributed by atoms with Crippen LogP contribution in [-0.4, -0.2) is 31.7 Å². The number of benzene rings is 2. The van der Waals surface area contributed by atoms with E-state index in [1.165, 1.54) is 23.5 Å². The van der Waals surface area contributed by atoms with E-state index in [0.717, 1.165) is 0 Å². The third kappa shape index (κ3) is 5.29. The molecule has 0 radical (unpaired) electrons. The van der Waals surface area contributed by atoms with Crippen molar-refractivity contribution in [2.75, 3.05) is 25.1 Å². The third-order valence-electron chi connectivity index (χ3n) is 4.35. The van der Waals surface area contributed by atoms with Crippen LogP contribution in [0.3, 0.4) is 0 Å². The summed E-state index contributed by atoms with van der Waals surface area (Å²) in [4.78, 5) is 25.6. The van der Waals surface area contributed by atoms with Gasteiger partial charge in [-0.1, -0.05) is 18.2 Å². The zero-order valence-corrected chi connectivity index (χ0v) is 17.1. The lowest BCUT2D eigenvalue weighted by Gasteiger charge is -2.19. The molecule has 3 aromatic rings. The molecule has 0 atom stereocenters. The van der Waals surface area contributed by atoms with Crippen LogP contribution in [0.2, 0.25) is 0 Å². The van der Waals surface area contributed by atoms with E-state index in [2.05, 4.69) is 5.32 Å². The molecule has 4 rings (SSSR count). The Labute approximate surface area is 181 Å². The molecule has 8 heteroatoms. The van der Waals surface area contributed by atoms with Crippen molar-refractivity contribution in [1.82, 2.24) is 0 Å². The smallest absolute Gasteiger partial charge is 0.340 e. The van der Waals surface area contributed by atoms with Crippen molar-refractivity contribution in [2.45, 2.75) is 0 Å². The van der Waals surface area contributed by atoms with Crippen molar-refractivity contribution < 1.29 is 28.2 Å². The molecule has 2 aromatic carbocycles. The van der Waals surface area contributed by atoms with Gasteiger partial charge in [0, 0.05) is 16.6 Å². The van der Waals surface area contributed by atoms with Crippen LogP contribution in [-0.2, 0) is 14.3 Å². The average molecular weight is 439 g/mol. The second kappa shape index (κ2) is 9.44. The van der Waals surface area contributed by atoms with Crippen LogP contribution in [0.25, 0.3) is 11.6 Å². The molecule has 0 spiro atoms. The summed E-state index contributed by atoms with van der Waals surface area (Å²) in [6, 6.07) is 14.4. The quantitative estimate of drug-likeness (QED) is 0.456. The minimum Gasteiger partial charge on any atom is -0.486 e. The number of amides is 1. The molecular formula is C23H18FNO5S. The van der Waals surface area contributed by atoms with Gasteiger partial charge < -0.3 is 19.5 Å². The molecule has 2 heterocycles. The highest BCUT2D eigenvalue weighted by atomic mass is 32.1. The minimum absolute atomic E-state index is 0.286. The predicted molar refractivity (Wildman–Crippen MR) is 116 cm³/mol. The number of carbonyl (C=O) groups excluding carboxylic acids is 2. The standard InChI is InChI=1S/C23H18FNO5S/c24-16-5-3-15(4-6-16)12-18(21-2-1-11-31-21)23(27)30-14-22(26)25-17-7-8-19-20(13-17)29-10-9-28-19/h1-8,11-13H,9-10,14H2,(H,25,26)/b18-12+. The number of nitrogens with one attached hydrogen (secondary N) is 1. The maximum absolute atomic E-state index is 13.2. The number of thiophene rings is 1. The van der Waals surface area contributed by atoms with E-state index < -0.39 is 18.5 Å². The third-order valence-corrected chi connectivity index (χ3v) is 5.25. The van der Waals surface area contributed by atoms with Crippen LogP contribution < -0.4 is 14.8 Å². The number of carbonyl (C=O) groups is 2. The monoisotopic (exact) mass is 439 g/mol. The second-order valence-electron chi connectivity index (χ2n) is 6.57. The van der Waals surface area contributed by atoms with Crippen LogP contribution >= 0.6 is 11.3 Å². The summed E-state index contributed by atoms with van der Waals surface area (Å²) >= 11 is 1.36. The summed E-state index contributed by atoms with van der Waals surface area (Å²) in [5.74, 6) is -0.347. The number of esters is 1. The molecule has 1 aliphatic rings. The second-order valence-corrected chi connectivity index (χ2v) is 7.52. The summed E-state index contributed by atoms with van der Waals surface area (Å²) < 4.78 is 29.3. The molecule has 1 amide bonds. The fourth-order valence-corrected chi connectivity index (χ4v) is 3.65. The van der Waals surface area contributed by atoms with Crippen molar-refractivity contribution in [3.63, 3.8) is 0 Å². The van der Waals surface area contributed by atoms with E-state index in [1.54, 1.807) is 48.5 Å². The van der Waals surface area contributed by atoms with Gasteiger partial charge in [-0.2, -0.15) is 0 Å². The summed E-state index contributed by atoms with van der Waals surface area (Å²) in [7, 11) is 0. The summed E-state index contributed by atoms with van der Waals surface area (Å²) in [6.45, 7) is 0.458. The maximum atomic E-state index is 13.2. The lowest BCUT2D eigenvalue weighted by atomic mass is 10.1. The molecule has 6 nitrogen and oxygen atoms in total. The number of fused-ring (bicyclic) bond motifs is 1. The first-order valence-electron chi connectivity index (χ1n) is 9.46. The first kappa shape index (κ1) is 20.6. The largest absolute Gasteiger partial charge is 0.486 e. The topological polar surface area (TPSA) is 73.9 Å². The van der Waals surface area contributed by atoms with Gasteiger partial charge in [0.15, 0.2) is 18.1 Å². The Morgan fingerprint density at radius 2 is 1.84 bits per heavy atom. The fourth-order valence-electron chi connectivity index (χ4n) is 2.92. The number of rotatable bonds is 6. The molecule has 0 unspecified atom stereocenters. The zero-order chi connectivity index (χ0) is 21.6. The SMILES string of the molecule is O=C(COC(=O)/C(=C/c1ccc(F)cc1)c1cccs1)Nc1ccc2c(c1)OCCO2. The van der Waals surface area contributed by atoms with Gasteiger partial charge in [-0.25, -0.2) is 9.18 Å². The van der Waals surface area contributed by atoms with E-state index in [9.17, 15) is 14.0 Å². The molecule has 1 N–H and O–H groups in total. The van der Waals surface area contributed by atoms with E-state index in [1.807, 2.05) is 5.38 Å². The lowest BCUT2D eigenvalue weighted by Crippen LogP contribution is -2.21. The molecule has 158 valence electrons.